The van der Waals surface area contributed by atoms with Crippen molar-refractivity contribution in [1.82, 2.24) is 0 Å². The van der Waals surface area contributed by atoms with Crippen molar-refractivity contribution in [3.63, 3.8) is 0 Å². The first-order valence-corrected chi connectivity index (χ1v) is 4.75. The van der Waals surface area contributed by atoms with E-state index in [4.69, 9.17) is 27.9 Å². The van der Waals surface area contributed by atoms with E-state index in [1.165, 1.54) is 0 Å². The molecule has 1 aromatic carbocycles. The Morgan fingerprint density at radius 1 is 1.27 bits per heavy atom. The zero-order valence-electron chi connectivity index (χ0n) is 5.48. The minimum absolute atomic E-state index is 0.449. The molecule has 0 saturated heterocycles. The SMILES string of the molecule is Clc1ccc(OCBr)cc1Cl. The fraction of sp³-hybridized carbons (Fsp3) is 0.143. The van der Waals surface area contributed by atoms with Crippen LogP contribution in [0.5, 0.6) is 5.75 Å². The number of halogens is 3. The van der Waals surface area contributed by atoms with E-state index < -0.39 is 0 Å². The van der Waals surface area contributed by atoms with E-state index in [1.807, 2.05) is 0 Å². The Morgan fingerprint density at radius 2 is 2.00 bits per heavy atom. The highest BCUT2D eigenvalue weighted by Gasteiger charge is 1.98. The van der Waals surface area contributed by atoms with Crippen molar-refractivity contribution in [3.8, 4) is 5.75 Å². The summed E-state index contributed by atoms with van der Waals surface area (Å²) >= 11 is 14.5. The smallest absolute Gasteiger partial charge is 0.143 e. The number of alkyl halides is 1. The molecule has 60 valence electrons. The van der Waals surface area contributed by atoms with Crippen molar-refractivity contribution in [3.05, 3.63) is 28.2 Å². The first kappa shape index (κ1) is 9.17. The molecule has 0 atom stereocenters. The lowest BCUT2D eigenvalue weighted by atomic mass is 10.3. The highest BCUT2D eigenvalue weighted by atomic mass is 79.9. The molecule has 0 aliphatic rings. The highest BCUT2D eigenvalue weighted by molar-refractivity contribution is 9.09. The predicted molar refractivity (Wildman–Crippen MR) is 50.9 cm³/mol. The molecule has 0 bridgehead atoms. The van der Waals surface area contributed by atoms with Gasteiger partial charge in [0.25, 0.3) is 0 Å². The van der Waals surface area contributed by atoms with Crippen LogP contribution in [-0.2, 0) is 0 Å². The quantitative estimate of drug-likeness (QED) is 0.732. The van der Waals surface area contributed by atoms with Crippen molar-refractivity contribution in [2.75, 3.05) is 5.52 Å². The third kappa shape index (κ3) is 2.55. The van der Waals surface area contributed by atoms with Crippen LogP contribution < -0.4 is 4.74 Å². The molecule has 0 radical (unpaired) electrons. The molecule has 0 saturated carbocycles. The summed E-state index contributed by atoms with van der Waals surface area (Å²) in [4.78, 5) is 0. The monoisotopic (exact) mass is 254 g/mol. The van der Waals surface area contributed by atoms with E-state index in [0.717, 1.165) is 0 Å². The predicted octanol–water partition coefficient (Wildman–Crippen LogP) is 3.72. The van der Waals surface area contributed by atoms with E-state index in [-0.39, 0.29) is 0 Å². The van der Waals surface area contributed by atoms with Gasteiger partial charge in [0.1, 0.15) is 11.3 Å². The molecule has 1 nitrogen and oxygen atoms in total. The van der Waals surface area contributed by atoms with Crippen LogP contribution in [0.4, 0.5) is 0 Å². The average molecular weight is 256 g/mol. The lowest BCUT2D eigenvalue weighted by Gasteiger charge is -2.02. The van der Waals surface area contributed by atoms with Gasteiger partial charge in [0.15, 0.2) is 0 Å². The number of ether oxygens (including phenoxy) is 1. The van der Waals surface area contributed by atoms with Gasteiger partial charge in [0, 0.05) is 6.07 Å². The Labute approximate surface area is 83.4 Å². The summed E-state index contributed by atoms with van der Waals surface area (Å²) in [6, 6.07) is 5.13. The van der Waals surface area contributed by atoms with Gasteiger partial charge in [-0.2, -0.15) is 0 Å². The van der Waals surface area contributed by atoms with Crippen molar-refractivity contribution in [2.24, 2.45) is 0 Å². The van der Waals surface area contributed by atoms with Crippen LogP contribution in [-0.4, -0.2) is 5.52 Å². The van der Waals surface area contributed by atoms with E-state index in [9.17, 15) is 0 Å². The lowest BCUT2D eigenvalue weighted by molar-refractivity contribution is 0.398. The largest absolute Gasteiger partial charge is 0.482 e. The Morgan fingerprint density at radius 3 is 2.55 bits per heavy atom. The minimum Gasteiger partial charge on any atom is -0.482 e. The molecular formula is C7H5BrCl2O. The maximum atomic E-state index is 5.72. The van der Waals surface area contributed by atoms with E-state index in [1.54, 1.807) is 18.2 Å². The number of rotatable bonds is 2. The van der Waals surface area contributed by atoms with Crippen LogP contribution in [0, 0.1) is 0 Å². The number of hydrogen-bond acceptors (Lipinski definition) is 1. The maximum Gasteiger partial charge on any atom is 0.143 e. The van der Waals surface area contributed by atoms with Crippen LogP contribution >= 0.6 is 39.1 Å². The molecule has 4 heteroatoms. The first-order valence-electron chi connectivity index (χ1n) is 2.88. The molecule has 0 aliphatic heterocycles. The minimum atomic E-state index is 0.449. The standard InChI is InChI=1S/C7H5BrCl2O/c8-4-11-5-1-2-6(9)7(10)3-5/h1-3H,4H2. The molecule has 1 aromatic rings. The second-order valence-corrected chi connectivity index (χ2v) is 3.10. The Kier molecular flexibility index (Phi) is 3.49. The fourth-order valence-corrected chi connectivity index (χ4v) is 1.18. The molecule has 0 aliphatic carbocycles. The highest BCUT2D eigenvalue weighted by Crippen LogP contribution is 2.26. The molecule has 1 rings (SSSR count). The summed E-state index contributed by atoms with van der Waals surface area (Å²) in [6.07, 6.45) is 0. The summed E-state index contributed by atoms with van der Waals surface area (Å²) in [5.41, 5.74) is 0.449. The molecular weight excluding hydrogens is 251 g/mol. The second-order valence-electron chi connectivity index (χ2n) is 1.83. The normalized spacial score (nSPS) is 9.73. The first-order chi connectivity index (χ1) is 5.24. The Bertz CT molecular complexity index is 252. The molecule has 0 fully saturated rings. The third-order valence-electron chi connectivity index (χ3n) is 1.11. The van der Waals surface area contributed by atoms with Gasteiger partial charge in [-0.1, -0.05) is 23.2 Å². The molecule has 0 aromatic heterocycles. The molecule has 0 unspecified atom stereocenters. The van der Waals surface area contributed by atoms with Crippen molar-refractivity contribution >= 4 is 39.1 Å². The van der Waals surface area contributed by atoms with Gasteiger partial charge in [0.05, 0.1) is 10.0 Å². The van der Waals surface area contributed by atoms with Crippen LogP contribution in [0.25, 0.3) is 0 Å². The van der Waals surface area contributed by atoms with Crippen molar-refractivity contribution < 1.29 is 4.74 Å². The Hall–Kier alpha value is 0.0800. The van der Waals surface area contributed by atoms with Crippen molar-refractivity contribution in [2.45, 2.75) is 0 Å². The van der Waals surface area contributed by atoms with E-state index >= 15 is 0 Å². The zero-order valence-corrected chi connectivity index (χ0v) is 8.58. The lowest BCUT2D eigenvalue weighted by Crippen LogP contribution is -1.87. The van der Waals surface area contributed by atoms with Gasteiger partial charge >= 0.3 is 0 Å². The average Bonchev–Trinajstić information content (AvgIpc) is 1.98. The molecule has 0 heterocycles. The van der Waals surface area contributed by atoms with Gasteiger partial charge in [0.2, 0.25) is 0 Å². The van der Waals surface area contributed by atoms with Gasteiger partial charge in [-0.3, -0.25) is 0 Å². The van der Waals surface area contributed by atoms with Crippen LogP contribution in [0.2, 0.25) is 10.0 Å². The topological polar surface area (TPSA) is 9.23 Å². The van der Waals surface area contributed by atoms with Gasteiger partial charge in [-0.15, -0.1) is 0 Å². The number of benzene rings is 1. The third-order valence-corrected chi connectivity index (χ3v) is 2.08. The molecule has 0 spiro atoms. The summed E-state index contributed by atoms with van der Waals surface area (Å²) < 4.78 is 5.12. The number of hydrogen-bond donors (Lipinski definition) is 0. The zero-order chi connectivity index (χ0) is 8.27. The van der Waals surface area contributed by atoms with Gasteiger partial charge in [-0.25, -0.2) is 0 Å². The molecule has 0 N–H and O–H groups in total. The van der Waals surface area contributed by atoms with Gasteiger partial charge in [-0.05, 0) is 28.1 Å². The summed E-state index contributed by atoms with van der Waals surface area (Å²) in [5, 5.41) is 1.04. The summed E-state index contributed by atoms with van der Waals surface area (Å²) in [5.74, 6) is 0.705. The summed E-state index contributed by atoms with van der Waals surface area (Å²) in [6.45, 7) is 0. The van der Waals surface area contributed by atoms with Crippen LogP contribution in [0.15, 0.2) is 18.2 Å². The van der Waals surface area contributed by atoms with Crippen LogP contribution in [0.3, 0.4) is 0 Å². The van der Waals surface area contributed by atoms with E-state index in [2.05, 4.69) is 15.9 Å². The van der Waals surface area contributed by atoms with Crippen molar-refractivity contribution in [1.29, 1.82) is 0 Å². The Balaban J connectivity index is 2.86. The van der Waals surface area contributed by atoms with E-state index in [0.29, 0.717) is 21.3 Å². The van der Waals surface area contributed by atoms with Gasteiger partial charge < -0.3 is 4.74 Å². The van der Waals surface area contributed by atoms with Crippen LogP contribution in [0.1, 0.15) is 0 Å². The molecule has 11 heavy (non-hydrogen) atoms. The molecule has 0 amide bonds. The fourth-order valence-electron chi connectivity index (χ4n) is 0.630. The maximum absolute atomic E-state index is 5.72. The summed E-state index contributed by atoms with van der Waals surface area (Å²) in [7, 11) is 0. The second kappa shape index (κ2) is 4.19.